The molecule has 154 valence electrons. The van der Waals surface area contributed by atoms with Crippen molar-refractivity contribution in [2.45, 2.75) is 18.2 Å². The Kier molecular flexibility index (Phi) is 5.86. The summed E-state index contributed by atoms with van der Waals surface area (Å²) in [6, 6.07) is 10.9. The maximum atomic E-state index is 12.4. The predicted molar refractivity (Wildman–Crippen MR) is 116 cm³/mol. The van der Waals surface area contributed by atoms with Crippen molar-refractivity contribution >= 4 is 45.7 Å². The highest BCUT2D eigenvalue weighted by Gasteiger charge is 2.17. The molecular weight excluding hydrogens is 424 g/mol. The van der Waals surface area contributed by atoms with Crippen LogP contribution in [-0.4, -0.2) is 34.6 Å². The molecule has 2 N–H and O–H groups in total. The smallest absolute Gasteiger partial charge is 0.257 e. The SMILES string of the molecule is Cc1ccc(C)c(NC(=O)CSc2nnc(NC(=O)c3ccc4c(c3)OCO4)s2)c1. The molecule has 0 atom stereocenters. The lowest BCUT2D eigenvalue weighted by molar-refractivity contribution is -0.113. The third-order valence-corrected chi connectivity index (χ3v) is 6.23. The number of hydrogen-bond donors (Lipinski definition) is 2. The fourth-order valence-corrected chi connectivity index (χ4v) is 4.26. The van der Waals surface area contributed by atoms with E-state index in [4.69, 9.17) is 9.47 Å². The average molecular weight is 443 g/mol. The van der Waals surface area contributed by atoms with Gasteiger partial charge in [-0.05, 0) is 49.2 Å². The van der Waals surface area contributed by atoms with E-state index < -0.39 is 0 Å². The topological polar surface area (TPSA) is 102 Å². The summed E-state index contributed by atoms with van der Waals surface area (Å²) in [4.78, 5) is 24.7. The first-order valence-electron chi connectivity index (χ1n) is 9.02. The van der Waals surface area contributed by atoms with Gasteiger partial charge in [-0.25, -0.2) is 0 Å². The minimum absolute atomic E-state index is 0.130. The van der Waals surface area contributed by atoms with Gasteiger partial charge in [-0.15, -0.1) is 10.2 Å². The second-order valence-corrected chi connectivity index (χ2v) is 8.75. The molecule has 1 aliphatic rings. The zero-order valence-corrected chi connectivity index (χ0v) is 17.9. The summed E-state index contributed by atoms with van der Waals surface area (Å²) >= 11 is 2.47. The second kappa shape index (κ2) is 8.72. The Morgan fingerprint density at radius 3 is 2.77 bits per heavy atom. The van der Waals surface area contributed by atoms with Crippen LogP contribution in [0.3, 0.4) is 0 Å². The number of carbonyl (C=O) groups is 2. The number of aromatic nitrogens is 2. The van der Waals surface area contributed by atoms with Gasteiger partial charge in [0.1, 0.15) is 0 Å². The van der Waals surface area contributed by atoms with Crippen molar-refractivity contribution in [1.29, 1.82) is 0 Å². The fourth-order valence-electron chi connectivity index (χ4n) is 2.71. The van der Waals surface area contributed by atoms with Gasteiger partial charge in [0.15, 0.2) is 15.8 Å². The van der Waals surface area contributed by atoms with Gasteiger partial charge in [0, 0.05) is 11.3 Å². The number of hydrogen-bond acceptors (Lipinski definition) is 8. The summed E-state index contributed by atoms with van der Waals surface area (Å²) in [6.07, 6.45) is 0. The van der Waals surface area contributed by atoms with Crippen molar-refractivity contribution in [1.82, 2.24) is 10.2 Å². The maximum absolute atomic E-state index is 12.4. The molecule has 0 aliphatic carbocycles. The monoisotopic (exact) mass is 442 g/mol. The molecule has 10 heteroatoms. The first-order valence-corrected chi connectivity index (χ1v) is 10.8. The van der Waals surface area contributed by atoms with Crippen LogP contribution in [0.1, 0.15) is 21.5 Å². The Bertz CT molecular complexity index is 1120. The van der Waals surface area contributed by atoms with Gasteiger partial charge in [0.2, 0.25) is 17.8 Å². The lowest BCUT2D eigenvalue weighted by Crippen LogP contribution is -2.14. The van der Waals surface area contributed by atoms with Gasteiger partial charge >= 0.3 is 0 Å². The Hall–Kier alpha value is -3.11. The van der Waals surface area contributed by atoms with E-state index in [0.717, 1.165) is 16.8 Å². The Morgan fingerprint density at radius 2 is 1.90 bits per heavy atom. The van der Waals surface area contributed by atoms with Gasteiger partial charge in [-0.2, -0.15) is 0 Å². The molecule has 3 aromatic rings. The minimum atomic E-state index is -0.325. The van der Waals surface area contributed by atoms with Crippen molar-refractivity contribution < 1.29 is 19.1 Å². The van der Waals surface area contributed by atoms with E-state index in [9.17, 15) is 9.59 Å². The quantitative estimate of drug-likeness (QED) is 0.441. The molecule has 0 saturated heterocycles. The number of benzene rings is 2. The van der Waals surface area contributed by atoms with E-state index in [1.165, 1.54) is 23.1 Å². The lowest BCUT2D eigenvalue weighted by Gasteiger charge is -2.08. The average Bonchev–Trinajstić information content (AvgIpc) is 3.37. The molecule has 2 heterocycles. The molecular formula is C20H18N4O4S2. The molecule has 30 heavy (non-hydrogen) atoms. The van der Waals surface area contributed by atoms with Crippen LogP contribution in [0.15, 0.2) is 40.7 Å². The number of nitrogens with one attached hydrogen (secondary N) is 2. The maximum Gasteiger partial charge on any atom is 0.257 e. The Labute approximate surface area is 181 Å². The number of amides is 2. The molecule has 2 aromatic carbocycles. The van der Waals surface area contributed by atoms with Crippen LogP contribution in [0.2, 0.25) is 0 Å². The molecule has 0 unspecified atom stereocenters. The van der Waals surface area contributed by atoms with Crippen LogP contribution in [0.25, 0.3) is 0 Å². The normalized spacial score (nSPS) is 11.9. The van der Waals surface area contributed by atoms with Crippen molar-refractivity contribution in [2.75, 3.05) is 23.2 Å². The number of fused-ring (bicyclic) bond motifs is 1. The first kappa shape index (κ1) is 20.2. The highest BCUT2D eigenvalue weighted by molar-refractivity contribution is 8.01. The number of nitrogens with zero attached hydrogens (tertiary/aromatic N) is 2. The molecule has 0 fully saturated rings. The van der Waals surface area contributed by atoms with Crippen LogP contribution in [0.4, 0.5) is 10.8 Å². The predicted octanol–water partition coefficient (Wildman–Crippen LogP) is 3.87. The molecule has 0 spiro atoms. The van der Waals surface area contributed by atoms with Crippen molar-refractivity contribution in [2.24, 2.45) is 0 Å². The standard InChI is InChI=1S/C20H18N4O4S2/c1-11-3-4-12(2)14(7-11)21-17(25)9-29-20-24-23-19(30-20)22-18(26)13-5-6-15-16(8-13)28-10-27-15/h3-8H,9-10H2,1-2H3,(H,21,25)(H,22,23,26). The number of ether oxygens (including phenoxy) is 2. The van der Waals surface area contributed by atoms with E-state index in [2.05, 4.69) is 20.8 Å². The van der Waals surface area contributed by atoms with Crippen molar-refractivity contribution in [3.8, 4) is 11.5 Å². The van der Waals surface area contributed by atoms with E-state index in [1.807, 2.05) is 32.0 Å². The van der Waals surface area contributed by atoms with Crippen LogP contribution in [-0.2, 0) is 4.79 Å². The van der Waals surface area contributed by atoms with Crippen LogP contribution in [0.5, 0.6) is 11.5 Å². The molecule has 1 aromatic heterocycles. The molecule has 8 nitrogen and oxygen atoms in total. The molecule has 0 saturated carbocycles. The Morgan fingerprint density at radius 1 is 1.07 bits per heavy atom. The first-order chi connectivity index (χ1) is 14.5. The lowest BCUT2D eigenvalue weighted by atomic mass is 10.1. The van der Waals surface area contributed by atoms with Gasteiger partial charge in [0.25, 0.3) is 5.91 Å². The molecule has 1 aliphatic heterocycles. The van der Waals surface area contributed by atoms with Crippen molar-refractivity contribution in [3.05, 3.63) is 53.1 Å². The molecule has 2 amide bonds. The fraction of sp³-hybridized carbons (Fsp3) is 0.200. The third-order valence-electron chi connectivity index (χ3n) is 4.26. The summed E-state index contributed by atoms with van der Waals surface area (Å²) in [5.41, 5.74) is 3.31. The van der Waals surface area contributed by atoms with Gasteiger partial charge < -0.3 is 14.8 Å². The summed E-state index contributed by atoms with van der Waals surface area (Å²) in [7, 11) is 0. The van der Waals surface area contributed by atoms with E-state index in [-0.39, 0.29) is 24.4 Å². The van der Waals surface area contributed by atoms with Crippen LogP contribution >= 0.6 is 23.1 Å². The number of rotatable bonds is 6. The van der Waals surface area contributed by atoms with E-state index in [1.54, 1.807) is 18.2 Å². The highest BCUT2D eigenvalue weighted by Crippen LogP contribution is 2.33. The molecule has 0 bridgehead atoms. The zero-order valence-electron chi connectivity index (χ0n) is 16.2. The number of carbonyl (C=O) groups excluding carboxylic acids is 2. The molecule has 4 rings (SSSR count). The van der Waals surface area contributed by atoms with Gasteiger partial charge in [-0.3, -0.25) is 14.9 Å². The summed E-state index contributed by atoms with van der Waals surface area (Å²) in [6.45, 7) is 4.07. The van der Waals surface area contributed by atoms with Crippen LogP contribution in [0, 0.1) is 13.8 Å². The molecule has 0 radical (unpaired) electrons. The van der Waals surface area contributed by atoms with E-state index in [0.29, 0.717) is 26.5 Å². The Balaban J connectivity index is 1.31. The number of anilines is 2. The summed E-state index contributed by atoms with van der Waals surface area (Å²) in [5, 5.41) is 14.0. The summed E-state index contributed by atoms with van der Waals surface area (Å²) in [5.74, 6) is 0.882. The zero-order chi connectivity index (χ0) is 21.1. The minimum Gasteiger partial charge on any atom is -0.454 e. The van der Waals surface area contributed by atoms with Crippen molar-refractivity contribution in [3.63, 3.8) is 0 Å². The number of aryl methyl sites for hydroxylation is 2. The third kappa shape index (κ3) is 4.71. The van der Waals surface area contributed by atoms with Gasteiger partial charge in [0.05, 0.1) is 5.75 Å². The van der Waals surface area contributed by atoms with Gasteiger partial charge in [-0.1, -0.05) is 35.2 Å². The number of thioether (sulfide) groups is 1. The van der Waals surface area contributed by atoms with Crippen LogP contribution < -0.4 is 20.1 Å². The largest absolute Gasteiger partial charge is 0.454 e. The summed E-state index contributed by atoms with van der Waals surface area (Å²) < 4.78 is 11.1. The van der Waals surface area contributed by atoms with E-state index >= 15 is 0 Å². The second-order valence-electron chi connectivity index (χ2n) is 6.55. The highest BCUT2D eigenvalue weighted by atomic mass is 32.2.